The quantitative estimate of drug-likeness (QED) is 0.820. The van der Waals surface area contributed by atoms with Crippen LogP contribution in [-0.2, 0) is 0 Å². The molecule has 1 saturated heterocycles. The summed E-state index contributed by atoms with van der Waals surface area (Å²) in [7, 11) is 0. The van der Waals surface area contributed by atoms with E-state index in [4.69, 9.17) is 0 Å². The molecule has 108 valence electrons. The molecule has 5 rings (SSSR count). The van der Waals surface area contributed by atoms with Crippen molar-refractivity contribution in [3.8, 4) is 0 Å². The predicted octanol–water partition coefficient (Wildman–Crippen LogP) is 2.81. The zero-order valence-electron chi connectivity index (χ0n) is 12.1. The van der Waals surface area contributed by atoms with Gasteiger partial charge in [0, 0.05) is 6.61 Å². The van der Waals surface area contributed by atoms with Gasteiger partial charge in [-0.15, -0.1) is 0 Å². The predicted molar refractivity (Wildman–Crippen MR) is 76.8 cm³/mol. The normalized spacial score (nSPS) is 47.5. The first-order valence-electron chi connectivity index (χ1n) is 8.60. The van der Waals surface area contributed by atoms with Crippen LogP contribution in [0.2, 0.25) is 0 Å². The van der Waals surface area contributed by atoms with Gasteiger partial charge in [0.05, 0.1) is 0 Å². The lowest BCUT2D eigenvalue weighted by Crippen LogP contribution is -2.53. The summed E-state index contributed by atoms with van der Waals surface area (Å²) in [5.74, 6) is 4.46. The van der Waals surface area contributed by atoms with Crippen LogP contribution in [0.1, 0.15) is 51.4 Å². The first kappa shape index (κ1) is 12.6. The van der Waals surface area contributed by atoms with Gasteiger partial charge in [0.2, 0.25) is 0 Å². The highest BCUT2D eigenvalue weighted by Crippen LogP contribution is 2.64. The molecule has 2 nitrogen and oxygen atoms in total. The number of hydrogen-bond donors (Lipinski definition) is 2. The maximum absolute atomic E-state index is 10.1. The van der Waals surface area contributed by atoms with Crippen LogP contribution in [0.15, 0.2) is 0 Å². The van der Waals surface area contributed by atoms with Gasteiger partial charge in [0.25, 0.3) is 0 Å². The van der Waals surface area contributed by atoms with Gasteiger partial charge in [0.15, 0.2) is 0 Å². The standard InChI is InChI=1S/C17H29NO/c19-11-16(15-1-3-18-4-2-15)17-8-12-5-13(9-17)7-14(6-12)10-17/h12-16,18-19H,1-11H2. The molecule has 1 unspecified atom stereocenters. The van der Waals surface area contributed by atoms with E-state index >= 15 is 0 Å². The van der Waals surface area contributed by atoms with Crippen LogP contribution in [-0.4, -0.2) is 24.8 Å². The first-order chi connectivity index (χ1) is 9.29. The van der Waals surface area contributed by atoms with E-state index in [1.165, 1.54) is 64.5 Å². The Labute approximate surface area is 117 Å². The van der Waals surface area contributed by atoms with Crippen LogP contribution in [0.3, 0.4) is 0 Å². The molecule has 2 N–H and O–H groups in total. The molecule has 2 heteroatoms. The number of nitrogens with one attached hydrogen (secondary N) is 1. The van der Waals surface area contributed by atoms with Crippen molar-refractivity contribution in [2.75, 3.05) is 19.7 Å². The number of aliphatic hydroxyl groups is 1. The Morgan fingerprint density at radius 3 is 1.95 bits per heavy atom. The highest BCUT2D eigenvalue weighted by molar-refractivity contribution is 5.05. The number of hydrogen-bond acceptors (Lipinski definition) is 2. The molecule has 0 amide bonds. The number of aliphatic hydroxyl groups excluding tert-OH is 1. The smallest absolute Gasteiger partial charge is 0.0467 e. The van der Waals surface area contributed by atoms with Gasteiger partial charge in [0.1, 0.15) is 0 Å². The highest BCUT2D eigenvalue weighted by Gasteiger charge is 2.55. The van der Waals surface area contributed by atoms with Crippen molar-refractivity contribution in [2.24, 2.45) is 35.0 Å². The van der Waals surface area contributed by atoms with Crippen LogP contribution in [0.25, 0.3) is 0 Å². The molecule has 4 aliphatic carbocycles. The molecule has 19 heavy (non-hydrogen) atoms. The Bertz CT molecular complexity index is 299. The molecule has 5 fully saturated rings. The summed E-state index contributed by atoms with van der Waals surface area (Å²) in [6.45, 7) is 2.80. The summed E-state index contributed by atoms with van der Waals surface area (Å²) in [6, 6.07) is 0. The van der Waals surface area contributed by atoms with Crippen molar-refractivity contribution in [1.29, 1.82) is 0 Å². The van der Waals surface area contributed by atoms with Crippen LogP contribution in [0.4, 0.5) is 0 Å². The van der Waals surface area contributed by atoms with Crippen molar-refractivity contribution in [2.45, 2.75) is 51.4 Å². The molecular weight excluding hydrogens is 234 g/mol. The van der Waals surface area contributed by atoms with Gasteiger partial charge in [-0.3, -0.25) is 0 Å². The molecular formula is C17H29NO. The van der Waals surface area contributed by atoms with Gasteiger partial charge in [-0.1, -0.05) is 0 Å². The van der Waals surface area contributed by atoms with E-state index in [2.05, 4.69) is 5.32 Å². The molecule has 4 bridgehead atoms. The SMILES string of the molecule is OCC(C1CCNCC1)C12CC3CC(CC(C3)C1)C2. The van der Waals surface area contributed by atoms with E-state index in [0.717, 1.165) is 23.7 Å². The third-order valence-corrected chi connectivity index (χ3v) is 7.02. The fourth-order valence-corrected chi connectivity index (χ4v) is 6.72. The zero-order chi connectivity index (χ0) is 12.9. The summed E-state index contributed by atoms with van der Waals surface area (Å²) in [5.41, 5.74) is 0.547. The van der Waals surface area contributed by atoms with Crippen LogP contribution >= 0.6 is 0 Å². The maximum atomic E-state index is 10.1. The van der Waals surface area contributed by atoms with Crippen LogP contribution in [0, 0.1) is 35.0 Å². The third-order valence-electron chi connectivity index (χ3n) is 7.02. The van der Waals surface area contributed by atoms with E-state index < -0.39 is 0 Å². The Balaban J connectivity index is 1.58. The zero-order valence-corrected chi connectivity index (χ0v) is 12.1. The maximum Gasteiger partial charge on any atom is 0.0467 e. The van der Waals surface area contributed by atoms with E-state index in [1.54, 1.807) is 0 Å². The third kappa shape index (κ3) is 2.06. The fraction of sp³-hybridized carbons (Fsp3) is 1.00. The fourth-order valence-electron chi connectivity index (χ4n) is 6.72. The molecule has 0 aromatic rings. The summed E-state index contributed by atoms with van der Waals surface area (Å²) in [4.78, 5) is 0. The lowest BCUT2D eigenvalue weighted by molar-refractivity contribution is -0.116. The van der Waals surface area contributed by atoms with E-state index in [9.17, 15) is 5.11 Å². The first-order valence-corrected chi connectivity index (χ1v) is 8.60. The molecule has 0 radical (unpaired) electrons. The Morgan fingerprint density at radius 1 is 0.947 bits per heavy atom. The summed E-state index contributed by atoms with van der Waals surface area (Å²) < 4.78 is 0. The summed E-state index contributed by atoms with van der Waals surface area (Å²) >= 11 is 0. The average molecular weight is 263 g/mol. The van der Waals surface area contributed by atoms with Gasteiger partial charge in [-0.2, -0.15) is 0 Å². The lowest BCUT2D eigenvalue weighted by atomic mass is 9.45. The summed E-state index contributed by atoms with van der Waals surface area (Å²) in [6.07, 6.45) is 11.5. The minimum atomic E-state index is 0.455. The van der Waals surface area contributed by atoms with Crippen molar-refractivity contribution < 1.29 is 5.11 Å². The summed E-state index contributed by atoms with van der Waals surface area (Å²) in [5, 5.41) is 13.6. The minimum Gasteiger partial charge on any atom is -0.396 e. The molecule has 1 heterocycles. The monoisotopic (exact) mass is 263 g/mol. The second-order valence-corrected chi connectivity index (χ2v) is 8.16. The number of piperidine rings is 1. The van der Waals surface area contributed by atoms with Crippen molar-refractivity contribution in [3.63, 3.8) is 0 Å². The Hall–Kier alpha value is -0.0800. The molecule has 0 spiro atoms. The van der Waals surface area contributed by atoms with E-state index in [0.29, 0.717) is 17.9 Å². The van der Waals surface area contributed by atoms with E-state index in [-0.39, 0.29) is 0 Å². The highest BCUT2D eigenvalue weighted by atomic mass is 16.3. The molecule has 1 atom stereocenters. The Kier molecular flexibility index (Phi) is 3.15. The topological polar surface area (TPSA) is 32.3 Å². The Morgan fingerprint density at radius 2 is 1.47 bits per heavy atom. The van der Waals surface area contributed by atoms with E-state index in [1.807, 2.05) is 0 Å². The second-order valence-electron chi connectivity index (χ2n) is 8.16. The van der Waals surface area contributed by atoms with Gasteiger partial charge < -0.3 is 10.4 Å². The molecule has 0 aromatic carbocycles. The van der Waals surface area contributed by atoms with Crippen LogP contribution < -0.4 is 5.32 Å². The van der Waals surface area contributed by atoms with Crippen LogP contribution in [0.5, 0.6) is 0 Å². The molecule has 4 saturated carbocycles. The number of rotatable bonds is 3. The minimum absolute atomic E-state index is 0.455. The van der Waals surface area contributed by atoms with Gasteiger partial charge in [-0.05, 0) is 99.5 Å². The molecule has 0 aromatic heterocycles. The molecule has 5 aliphatic rings. The van der Waals surface area contributed by atoms with Gasteiger partial charge in [-0.25, -0.2) is 0 Å². The lowest BCUT2D eigenvalue weighted by Gasteiger charge is -2.60. The van der Waals surface area contributed by atoms with Crippen molar-refractivity contribution in [3.05, 3.63) is 0 Å². The second kappa shape index (κ2) is 4.73. The molecule has 1 aliphatic heterocycles. The van der Waals surface area contributed by atoms with Crippen molar-refractivity contribution >= 4 is 0 Å². The average Bonchev–Trinajstić information content (AvgIpc) is 2.38. The van der Waals surface area contributed by atoms with Gasteiger partial charge >= 0.3 is 0 Å². The largest absolute Gasteiger partial charge is 0.396 e. The van der Waals surface area contributed by atoms with Crippen molar-refractivity contribution in [1.82, 2.24) is 5.32 Å².